The Labute approximate surface area is 234 Å². The number of piperidine rings is 1. The standard InChI is InChI=1S/C31H36N4O5/c1-31(2,3)21-12-10-20(11-13-21)28(36)33-23-14-15-26(29(37)38)27(18-23)32-24-8-6-16-35(19-24)30(39)34-22-7-5-9-25(17-22)40-4/h5,7,9-15,17-18,24,32H,6,8,16,19H2,1-4H3,(H,33,36)(H,34,39)(H,37,38). The summed E-state index contributed by atoms with van der Waals surface area (Å²) in [4.78, 5) is 39.5. The van der Waals surface area contributed by atoms with E-state index in [2.05, 4.69) is 36.7 Å². The van der Waals surface area contributed by atoms with Crippen molar-refractivity contribution < 1.29 is 24.2 Å². The van der Waals surface area contributed by atoms with E-state index in [1.165, 1.54) is 6.07 Å². The maximum Gasteiger partial charge on any atom is 0.337 e. The maximum atomic E-state index is 12.9. The van der Waals surface area contributed by atoms with Crippen LogP contribution in [0.2, 0.25) is 0 Å². The zero-order valence-corrected chi connectivity index (χ0v) is 23.3. The molecule has 1 heterocycles. The Morgan fingerprint density at radius 2 is 1.68 bits per heavy atom. The maximum absolute atomic E-state index is 12.9. The summed E-state index contributed by atoms with van der Waals surface area (Å²) >= 11 is 0. The van der Waals surface area contributed by atoms with Crippen molar-refractivity contribution in [1.29, 1.82) is 0 Å². The van der Waals surface area contributed by atoms with Crippen molar-refractivity contribution in [3.63, 3.8) is 0 Å². The summed E-state index contributed by atoms with van der Waals surface area (Å²) < 4.78 is 5.22. The Morgan fingerprint density at radius 1 is 0.950 bits per heavy atom. The highest BCUT2D eigenvalue weighted by atomic mass is 16.5. The number of hydrogen-bond acceptors (Lipinski definition) is 5. The number of nitrogens with one attached hydrogen (secondary N) is 3. The number of likely N-dealkylation sites (tertiary alicyclic amines) is 1. The first-order valence-corrected chi connectivity index (χ1v) is 13.3. The molecule has 9 heteroatoms. The van der Waals surface area contributed by atoms with E-state index >= 15 is 0 Å². The van der Waals surface area contributed by atoms with Crippen molar-refractivity contribution in [2.45, 2.75) is 45.1 Å². The molecule has 3 amide bonds. The van der Waals surface area contributed by atoms with E-state index in [0.29, 0.717) is 41.5 Å². The smallest absolute Gasteiger partial charge is 0.337 e. The van der Waals surface area contributed by atoms with Crippen LogP contribution in [-0.2, 0) is 5.41 Å². The van der Waals surface area contributed by atoms with Gasteiger partial charge in [0.2, 0.25) is 0 Å². The van der Waals surface area contributed by atoms with Crippen molar-refractivity contribution in [3.05, 3.63) is 83.4 Å². The molecule has 4 rings (SSSR count). The summed E-state index contributed by atoms with van der Waals surface area (Å²) in [6.07, 6.45) is 1.52. The van der Waals surface area contributed by atoms with Gasteiger partial charge in [-0.2, -0.15) is 0 Å². The van der Waals surface area contributed by atoms with Crippen LogP contribution in [0.1, 0.15) is 59.9 Å². The van der Waals surface area contributed by atoms with Gasteiger partial charge in [0.25, 0.3) is 5.91 Å². The van der Waals surface area contributed by atoms with Gasteiger partial charge in [-0.15, -0.1) is 0 Å². The third kappa shape index (κ3) is 7.11. The number of aromatic carboxylic acids is 1. The molecule has 0 aromatic heterocycles. The highest BCUT2D eigenvalue weighted by Crippen LogP contribution is 2.26. The first-order chi connectivity index (χ1) is 19.0. The molecular formula is C31H36N4O5. The molecule has 1 aliphatic rings. The Morgan fingerprint density at radius 3 is 2.35 bits per heavy atom. The first-order valence-electron chi connectivity index (χ1n) is 13.3. The topological polar surface area (TPSA) is 120 Å². The monoisotopic (exact) mass is 544 g/mol. The molecule has 1 aliphatic heterocycles. The number of rotatable bonds is 7. The zero-order chi connectivity index (χ0) is 28.9. The van der Waals surface area contributed by atoms with Gasteiger partial charge in [0.1, 0.15) is 5.75 Å². The van der Waals surface area contributed by atoms with E-state index in [9.17, 15) is 19.5 Å². The van der Waals surface area contributed by atoms with E-state index in [0.717, 1.165) is 18.4 Å². The number of anilines is 3. The van der Waals surface area contributed by atoms with Gasteiger partial charge in [0.15, 0.2) is 0 Å². The van der Waals surface area contributed by atoms with Gasteiger partial charge in [-0.25, -0.2) is 9.59 Å². The van der Waals surface area contributed by atoms with Gasteiger partial charge in [-0.05, 0) is 66.3 Å². The number of hydrogen-bond donors (Lipinski definition) is 4. The normalized spacial score (nSPS) is 15.2. The lowest BCUT2D eigenvalue weighted by atomic mass is 9.87. The lowest BCUT2D eigenvalue weighted by Gasteiger charge is -2.34. The SMILES string of the molecule is COc1cccc(NC(=O)N2CCCC(Nc3cc(NC(=O)c4ccc(C(C)(C)C)cc4)ccc3C(=O)O)C2)c1. The summed E-state index contributed by atoms with van der Waals surface area (Å²) in [5, 5.41) is 18.8. The second-order valence-electron chi connectivity index (χ2n) is 10.9. The molecule has 1 unspecified atom stereocenters. The molecule has 3 aromatic carbocycles. The number of methoxy groups -OCH3 is 1. The van der Waals surface area contributed by atoms with Crippen LogP contribution in [0, 0.1) is 0 Å². The largest absolute Gasteiger partial charge is 0.497 e. The van der Waals surface area contributed by atoms with E-state index in [1.807, 2.05) is 12.1 Å². The van der Waals surface area contributed by atoms with Crippen molar-refractivity contribution >= 4 is 35.0 Å². The molecule has 0 spiro atoms. The minimum Gasteiger partial charge on any atom is -0.497 e. The molecule has 1 saturated heterocycles. The van der Waals surface area contributed by atoms with Crippen LogP contribution in [-0.4, -0.2) is 54.2 Å². The van der Waals surface area contributed by atoms with Crippen molar-refractivity contribution in [3.8, 4) is 5.75 Å². The number of carbonyl (C=O) groups excluding carboxylic acids is 2. The Bertz CT molecular complexity index is 1380. The zero-order valence-electron chi connectivity index (χ0n) is 23.3. The second-order valence-corrected chi connectivity index (χ2v) is 10.9. The number of nitrogens with zero attached hydrogens (tertiary/aromatic N) is 1. The molecule has 210 valence electrons. The lowest BCUT2D eigenvalue weighted by molar-refractivity contribution is 0.0697. The van der Waals surface area contributed by atoms with Gasteiger partial charge in [-0.3, -0.25) is 4.79 Å². The fourth-order valence-electron chi connectivity index (χ4n) is 4.66. The molecule has 0 aliphatic carbocycles. The highest BCUT2D eigenvalue weighted by molar-refractivity contribution is 6.05. The van der Waals surface area contributed by atoms with Gasteiger partial charge in [0.05, 0.1) is 18.4 Å². The third-order valence-electron chi connectivity index (χ3n) is 6.91. The van der Waals surface area contributed by atoms with Gasteiger partial charge in [0, 0.05) is 42.1 Å². The molecule has 1 atom stereocenters. The molecular weight excluding hydrogens is 508 g/mol. The molecule has 1 fully saturated rings. The average Bonchev–Trinajstić information content (AvgIpc) is 2.93. The number of ether oxygens (including phenoxy) is 1. The van der Waals surface area contributed by atoms with Crippen LogP contribution in [0.5, 0.6) is 5.75 Å². The minimum absolute atomic E-state index is 0.0211. The van der Waals surface area contributed by atoms with Crippen LogP contribution in [0.25, 0.3) is 0 Å². The molecule has 3 aromatic rings. The minimum atomic E-state index is -1.08. The van der Waals surface area contributed by atoms with E-state index in [4.69, 9.17) is 4.74 Å². The van der Waals surface area contributed by atoms with Crippen LogP contribution in [0.3, 0.4) is 0 Å². The fraction of sp³-hybridized carbons (Fsp3) is 0.323. The molecule has 40 heavy (non-hydrogen) atoms. The van der Waals surface area contributed by atoms with Crippen LogP contribution in [0.15, 0.2) is 66.7 Å². The van der Waals surface area contributed by atoms with Crippen molar-refractivity contribution in [2.24, 2.45) is 0 Å². The van der Waals surface area contributed by atoms with Gasteiger partial charge >= 0.3 is 12.0 Å². The lowest BCUT2D eigenvalue weighted by Crippen LogP contribution is -2.47. The Kier molecular flexibility index (Phi) is 8.62. The summed E-state index contributed by atoms with van der Waals surface area (Å²) in [5.41, 5.74) is 3.19. The molecule has 4 N–H and O–H groups in total. The number of benzene rings is 3. The van der Waals surface area contributed by atoms with E-state index in [1.54, 1.807) is 60.5 Å². The van der Waals surface area contributed by atoms with E-state index < -0.39 is 5.97 Å². The Hall–Kier alpha value is -4.53. The first kappa shape index (κ1) is 28.5. The summed E-state index contributed by atoms with van der Waals surface area (Å²) in [5.74, 6) is -0.722. The predicted molar refractivity (Wildman–Crippen MR) is 157 cm³/mol. The number of carboxylic acids is 1. The van der Waals surface area contributed by atoms with Crippen LogP contribution < -0.4 is 20.7 Å². The molecule has 0 bridgehead atoms. The van der Waals surface area contributed by atoms with Gasteiger partial charge in [-0.1, -0.05) is 39.0 Å². The summed E-state index contributed by atoms with van der Waals surface area (Å²) in [6.45, 7) is 7.31. The van der Waals surface area contributed by atoms with Gasteiger partial charge < -0.3 is 30.7 Å². The number of carboxylic acid groups (broad SMARTS) is 1. The molecule has 0 saturated carbocycles. The molecule has 9 nitrogen and oxygen atoms in total. The van der Waals surface area contributed by atoms with Crippen molar-refractivity contribution in [2.75, 3.05) is 36.1 Å². The Balaban J connectivity index is 1.44. The number of amides is 3. The van der Waals surface area contributed by atoms with Crippen LogP contribution >= 0.6 is 0 Å². The highest BCUT2D eigenvalue weighted by Gasteiger charge is 2.25. The predicted octanol–water partition coefficient (Wildman–Crippen LogP) is 6.05. The fourth-order valence-corrected chi connectivity index (χ4v) is 4.66. The third-order valence-corrected chi connectivity index (χ3v) is 6.91. The average molecular weight is 545 g/mol. The number of carbonyl (C=O) groups is 3. The molecule has 0 radical (unpaired) electrons. The number of urea groups is 1. The second kappa shape index (κ2) is 12.1. The van der Waals surface area contributed by atoms with Crippen LogP contribution in [0.4, 0.5) is 21.9 Å². The van der Waals surface area contributed by atoms with E-state index in [-0.39, 0.29) is 29.0 Å². The quantitative estimate of drug-likeness (QED) is 0.287. The summed E-state index contributed by atoms with van der Waals surface area (Å²) in [7, 11) is 1.57. The summed E-state index contributed by atoms with van der Waals surface area (Å²) in [6, 6.07) is 18.9. The van der Waals surface area contributed by atoms with Crippen molar-refractivity contribution in [1.82, 2.24) is 4.90 Å².